The molecule has 2 aliphatic carbocycles. The molecule has 0 spiro atoms. The Hall–Kier alpha value is -2.02. The SMILES string of the molecule is C1=CC2C=CC1C2.F[B-](F)(F)F.[Rh].c1ccc(P(c2ccccc2)c2ccccc2)cc1. The number of rotatable bonds is 3. The molecule has 0 aliphatic heterocycles. The molecule has 7 heteroatoms. The Bertz CT molecular complexity index is 851. The fourth-order valence-electron chi connectivity index (χ4n) is 3.51. The Labute approximate surface area is 201 Å². The number of allylic oxidation sites excluding steroid dienone is 4. The maximum atomic E-state index is 9.75. The maximum absolute atomic E-state index is 9.75. The van der Waals surface area contributed by atoms with Crippen molar-refractivity contribution in [1.82, 2.24) is 0 Å². The van der Waals surface area contributed by atoms with E-state index in [0.717, 1.165) is 11.8 Å². The Morgan fingerprint density at radius 3 is 0.969 bits per heavy atom. The smallest absolute Gasteiger partial charge is 0.418 e. The van der Waals surface area contributed by atoms with Crippen LogP contribution in [0, 0.1) is 11.8 Å². The molecule has 0 saturated heterocycles. The van der Waals surface area contributed by atoms with Gasteiger partial charge in [0, 0.05) is 19.5 Å². The third-order valence-electron chi connectivity index (χ3n) is 4.80. The zero-order valence-corrected chi connectivity index (χ0v) is 19.7. The second-order valence-electron chi connectivity index (χ2n) is 7.17. The monoisotopic (exact) mass is 544 g/mol. The summed E-state index contributed by atoms with van der Waals surface area (Å²) in [4.78, 5) is 0. The van der Waals surface area contributed by atoms with Gasteiger partial charge in [0.15, 0.2) is 0 Å². The predicted molar refractivity (Wildman–Crippen MR) is 125 cm³/mol. The molecule has 0 heterocycles. The van der Waals surface area contributed by atoms with E-state index in [-0.39, 0.29) is 19.5 Å². The van der Waals surface area contributed by atoms with Crippen LogP contribution in [0.5, 0.6) is 0 Å². The average molecular weight is 544 g/mol. The molecule has 3 aromatic rings. The van der Waals surface area contributed by atoms with Crippen LogP contribution in [0.2, 0.25) is 0 Å². The summed E-state index contributed by atoms with van der Waals surface area (Å²) in [6, 6.07) is 32.3. The second-order valence-corrected chi connectivity index (χ2v) is 9.39. The summed E-state index contributed by atoms with van der Waals surface area (Å²) in [6.45, 7) is 0. The number of fused-ring (bicyclic) bond motifs is 2. The number of hydrogen-bond acceptors (Lipinski definition) is 0. The van der Waals surface area contributed by atoms with Crippen LogP contribution in [0.15, 0.2) is 115 Å². The Kier molecular flexibility index (Phi) is 10.6. The van der Waals surface area contributed by atoms with Crippen molar-refractivity contribution in [2.75, 3.05) is 0 Å². The summed E-state index contributed by atoms with van der Waals surface area (Å²) in [7, 11) is -6.45. The van der Waals surface area contributed by atoms with Crippen molar-refractivity contribution >= 4 is 31.1 Å². The third-order valence-corrected chi connectivity index (χ3v) is 7.24. The Morgan fingerprint density at radius 1 is 0.531 bits per heavy atom. The van der Waals surface area contributed by atoms with E-state index in [0.29, 0.717) is 0 Å². The Balaban J connectivity index is 0.000000229. The second kappa shape index (κ2) is 12.9. The molecule has 2 bridgehead atoms. The van der Waals surface area contributed by atoms with Crippen molar-refractivity contribution in [2.24, 2.45) is 11.8 Å². The normalized spacial score (nSPS) is 17.7. The van der Waals surface area contributed by atoms with E-state index in [1.165, 1.54) is 22.3 Å². The van der Waals surface area contributed by atoms with Gasteiger partial charge in [0.1, 0.15) is 0 Å². The van der Waals surface area contributed by atoms with Crippen LogP contribution in [-0.2, 0) is 19.5 Å². The summed E-state index contributed by atoms with van der Waals surface area (Å²) in [5.74, 6) is 1.62. The van der Waals surface area contributed by atoms with Gasteiger partial charge in [-0.25, -0.2) is 0 Å². The summed E-state index contributed by atoms with van der Waals surface area (Å²) < 4.78 is 39.0. The van der Waals surface area contributed by atoms with Gasteiger partial charge in [-0.2, -0.15) is 0 Å². The van der Waals surface area contributed by atoms with Crippen molar-refractivity contribution in [3.8, 4) is 0 Å². The van der Waals surface area contributed by atoms with E-state index >= 15 is 0 Å². The minimum Gasteiger partial charge on any atom is -0.418 e. The fourth-order valence-corrected chi connectivity index (χ4v) is 5.81. The average Bonchev–Trinajstić information content (AvgIpc) is 3.42. The van der Waals surface area contributed by atoms with Gasteiger partial charge in [0.05, 0.1) is 0 Å². The molecule has 5 rings (SSSR count). The molecular weight excluding hydrogens is 521 g/mol. The van der Waals surface area contributed by atoms with Crippen LogP contribution in [0.3, 0.4) is 0 Å². The van der Waals surface area contributed by atoms with E-state index in [1.807, 2.05) is 0 Å². The first kappa shape index (κ1) is 26.2. The molecule has 0 nitrogen and oxygen atoms in total. The van der Waals surface area contributed by atoms with Crippen molar-refractivity contribution in [1.29, 1.82) is 0 Å². The summed E-state index contributed by atoms with van der Waals surface area (Å²) in [5, 5.41) is 4.19. The molecule has 0 saturated carbocycles. The quantitative estimate of drug-likeness (QED) is 0.153. The minimum absolute atomic E-state index is 0. The fraction of sp³-hybridized carbons (Fsp3) is 0.120. The van der Waals surface area contributed by atoms with Gasteiger partial charge in [-0.1, -0.05) is 115 Å². The molecule has 0 fully saturated rings. The molecule has 0 unspecified atom stereocenters. The van der Waals surface area contributed by atoms with Crippen LogP contribution < -0.4 is 15.9 Å². The molecule has 0 atom stereocenters. The number of halogens is 4. The summed E-state index contributed by atoms with van der Waals surface area (Å²) in [5.41, 5.74) is 0. The Morgan fingerprint density at radius 2 is 0.781 bits per heavy atom. The van der Waals surface area contributed by atoms with E-state index in [4.69, 9.17) is 0 Å². The van der Waals surface area contributed by atoms with Crippen LogP contribution in [-0.4, -0.2) is 7.25 Å². The van der Waals surface area contributed by atoms with Gasteiger partial charge >= 0.3 is 7.25 Å². The van der Waals surface area contributed by atoms with Gasteiger partial charge in [0.25, 0.3) is 0 Å². The number of benzene rings is 3. The van der Waals surface area contributed by atoms with Crippen molar-refractivity contribution in [2.45, 2.75) is 6.42 Å². The van der Waals surface area contributed by atoms with E-state index in [2.05, 4.69) is 115 Å². The topological polar surface area (TPSA) is 0 Å². The number of hydrogen-bond donors (Lipinski definition) is 0. The zero-order chi connectivity index (χ0) is 22.1. The van der Waals surface area contributed by atoms with Crippen LogP contribution >= 0.6 is 7.92 Å². The van der Waals surface area contributed by atoms with Gasteiger partial charge < -0.3 is 17.3 Å². The predicted octanol–water partition coefficient (Wildman–Crippen LogP) is 6.49. The molecule has 169 valence electrons. The summed E-state index contributed by atoms with van der Waals surface area (Å²) in [6.07, 6.45) is 10.5. The van der Waals surface area contributed by atoms with Crippen molar-refractivity contribution < 1.29 is 36.7 Å². The maximum Gasteiger partial charge on any atom is 0.673 e. The van der Waals surface area contributed by atoms with Gasteiger partial charge in [-0.3, -0.25) is 0 Å². The standard InChI is InChI=1S/C18H15P.C7H8.BF4.Rh/c1-4-10-16(11-5-1)19(17-12-6-2-7-13-17)18-14-8-3-9-15-18;1-2-7-4-3-6(1)5-7;2-1(3,4)5;/h1-15H;1-4,6-7H,5H2;;/q;;-1;. The van der Waals surface area contributed by atoms with Gasteiger partial charge in [-0.05, 0) is 42.1 Å². The van der Waals surface area contributed by atoms with Crippen LogP contribution in [0.4, 0.5) is 17.3 Å². The molecule has 0 N–H and O–H groups in total. The zero-order valence-electron chi connectivity index (χ0n) is 17.2. The van der Waals surface area contributed by atoms with Gasteiger partial charge in [-0.15, -0.1) is 0 Å². The first-order chi connectivity index (χ1) is 14.9. The minimum atomic E-state index is -6.00. The molecule has 3 aromatic carbocycles. The van der Waals surface area contributed by atoms with Gasteiger partial charge in [0.2, 0.25) is 0 Å². The molecule has 0 amide bonds. The van der Waals surface area contributed by atoms with Crippen molar-refractivity contribution in [3.05, 3.63) is 115 Å². The van der Waals surface area contributed by atoms with E-state index in [9.17, 15) is 17.3 Å². The van der Waals surface area contributed by atoms with Crippen molar-refractivity contribution in [3.63, 3.8) is 0 Å². The molecule has 1 radical (unpaired) electrons. The van der Waals surface area contributed by atoms with E-state index in [1.54, 1.807) is 0 Å². The van der Waals surface area contributed by atoms with Crippen LogP contribution in [0.1, 0.15) is 6.42 Å². The third kappa shape index (κ3) is 8.85. The largest absolute Gasteiger partial charge is 0.673 e. The summed E-state index contributed by atoms with van der Waals surface area (Å²) >= 11 is 0. The first-order valence-electron chi connectivity index (χ1n) is 10.1. The van der Waals surface area contributed by atoms with E-state index < -0.39 is 15.2 Å². The first-order valence-corrected chi connectivity index (χ1v) is 11.4. The molecule has 32 heavy (non-hydrogen) atoms. The molecule has 2 aliphatic rings. The molecule has 0 aromatic heterocycles. The molecular formula is C25H23BF4PRh-. The van der Waals surface area contributed by atoms with Crippen LogP contribution in [0.25, 0.3) is 0 Å².